The highest BCUT2D eigenvalue weighted by atomic mass is 16.3. The fraction of sp³-hybridized carbons (Fsp3) is 0.0455. The number of carbonyl (C=O) groups is 1. The standard InChI is InChI=1S/C22H18N4O2/c1-14-6-8-15(9-7-14)13-23-26-22(28)16-10-11-18-19(12-16)25-21(24-18)17-4-2-3-5-20(17)27/h2-13,27H,1H3,(H,24,25)(H,26,28)/b23-13+. The highest BCUT2D eigenvalue weighted by Crippen LogP contribution is 2.28. The Labute approximate surface area is 161 Å². The van der Waals surface area contributed by atoms with Gasteiger partial charge in [0.15, 0.2) is 0 Å². The van der Waals surface area contributed by atoms with Crippen molar-refractivity contribution in [3.8, 4) is 17.1 Å². The second kappa shape index (κ2) is 7.36. The Balaban J connectivity index is 1.53. The van der Waals surface area contributed by atoms with Gasteiger partial charge < -0.3 is 10.1 Å². The van der Waals surface area contributed by atoms with Gasteiger partial charge in [-0.15, -0.1) is 0 Å². The first-order valence-corrected chi connectivity index (χ1v) is 8.78. The summed E-state index contributed by atoms with van der Waals surface area (Å²) in [6.07, 6.45) is 1.60. The van der Waals surface area contributed by atoms with Crippen LogP contribution in [0, 0.1) is 6.92 Å². The molecule has 0 spiro atoms. The topological polar surface area (TPSA) is 90.4 Å². The number of nitrogens with zero attached hydrogens (tertiary/aromatic N) is 2. The summed E-state index contributed by atoms with van der Waals surface area (Å²) in [6, 6.07) is 20.0. The van der Waals surface area contributed by atoms with Crippen molar-refractivity contribution in [3.63, 3.8) is 0 Å². The van der Waals surface area contributed by atoms with E-state index < -0.39 is 0 Å². The number of hydrogen-bond donors (Lipinski definition) is 3. The second-order valence-electron chi connectivity index (χ2n) is 6.44. The monoisotopic (exact) mass is 370 g/mol. The van der Waals surface area contributed by atoms with E-state index in [1.807, 2.05) is 37.3 Å². The molecule has 4 rings (SSSR count). The normalized spacial score (nSPS) is 11.2. The Hall–Kier alpha value is -3.93. The van der Waals surface area contributed by atoms with E-state index in [0.29, 0.717) is 28.0 Å². The number of fused-ring (bicyclic) bond motifs is 1. The lowest BCUT2D eigenvalue weighted by molar-refractivity contribution is 0.0955. The van der Waals surface area contributed by atoms with Crippen molar-refractivity contribution in [1.82, 2.24) is 15.4 Å². The van der Waals surface area contributed by atoms with Gasteiger partial charge in [0.05, 0.1) is 22.8 Å². The van der Waals surface area contributed by atoms with Crippen molar-refractivity contribution in [2.45, 2.75) is 6.92 Å². The molecule has 6 heteroatoms. The van der Waals surface area contributed by atoms with Crippen molar-refractivity contribution >= 4 is 23.2 Å². The molecule has 0 bridgehead atoms. The van der Waals surface area contributed by atoms with Gasteiger partial charge in [-0.1, -0.05) is 42.0 Å². The number of phenols is 1. The Morgan fingerprint density at radius 1 is 1.11 bits per heavy atom. The minimum Gasteiger partial charge on any atom is -0.507 e. The largest absolute Gasteiger partial charge is 0.507 e. The van der Waals surface area contributed by atoms with Gasteiger partial charge in [0.1, 0.15) is 11.6 Å². The highest BCUT2D eigenvalue weighted by Gasteiger charge is 2.11. The molecule has 3 aromatic carbocycles. The molecule has 0 fully saturated rings. The fourth-order valence-electron chi connectivity index (χ4n) is 2.83. The molecule has 0 radical (unpaired) electrons. The maximum Gasteiger partial charge on any atom is 0.271 e. The van der Waals surface area contributed by atoms with E-state index in [1.165, 1.54) is 0 Å². The molecule has 0 aliphatic rings. The first-order valence-electron chi connectivity index (χ1n) is 8.78. The molecule has 1 heterocycles. The van der Waals surface area contributed by atoms with Crippen LogP contribution in [0.4, 0.5) is 0 Å². The highest BCUT2D eigenvalue weighted by molar-refractivity contribution is 5.98. The molecule has 0 unspecified atom stereocenters. The molecule has 0 saturated heterocycles. The lowest BCUT2D eigenvalue weighted by atomic mass is 10.2. The molecule has 138 valence electrons. The van der Waals surface area contributed by atoms with Gasteiger partial charge in [-0.2, -0.15) is 5.10 Å². The number of benzene rings is 3. The Bertz CT molecular complexity index is 1180. The molecule has 4 aromatic rings. The molecular formula is C22H18N4O2. The van der Waals surface area contributed by atoms with Crippen molar-refractivity contribution in [2.24, 2.45) is 5.10 Å². The number of hydrazone groups is 1. The predicted octanol–water partition coefficient (Wildman–Crippen LogP) is 4.01. The lowest BCUT2D eigenvalue weighted by Crippen LogP contribution is -2.17. The second-order valence-corrected chi connectivity index (χ2v) is 6.44. The smallest absolute Gasteiger partial charge is 0.271 e. The van der Waals surface area contributed by atoms with Crippen molar-refractivity contribution in [3.05, 3.63) is 83.4 Å². The van der Waals surface area contributed by atoms with Crippen molar-refractivity contribution in [1.29, 1.82) is 0 Å². The lowest BCUT2D eigenvalue weighted by Gasteiger charge is -2.00. The summed E-state index contributed by atoms with van der Waals surface area (Å²) in [5.74, 6) is 0.372. The van der Waals surface area contributed by atoms with E-state index in [1.54, 1.807) is 42.6 Å². The van der Waals surface area contributed by atoms with Gasteiger partial charge in [0.25, 0.3) is 5.91 Å². The van der Waals surface area contributed by atoms with E-state index in [0.717, 1.165) is 11.1 Å². The average Bonchev–Trinajstić information content (AvgIpc) is 3.12. The predicted molar refractivity (Wildman–Crippen MR) is 109 cm³/mol. The molecule has 0 atom stereocenters. The van der Waals surface area contributed by atoms with Gasteiger partial charge >= 0.3 is 0 Å². The molecule has 1 amide bonds. The summed E-state index contributed by atoms with van der Waals surface area (Å²) in [7, 11) is 0. The molecule has 0 aliphatic heterocycles. The van der Waals surface area contributed by atoms with Crippen LogP contribution in [0.5, 0.6) is 5.75 Å². The quantitative estimate of drug-likeness (QED) is 0.374. The fourth-order valence-corrected chi connectivity index (χ4v) is 2.83. The Kier molecular flexibility index (Phi) is 4.60. The van der Waals surface area contributed by atoms with E-state index >= 15 is 0 Å². The zero-order valence-corrected chi connectivity index (χ0v) is 15.2. The third kappa shape index (κ3) is 3.61. The van der Waals surface area contributed by atoms with Gasteiger partial charge in [-0.05, 0) is 42.8 Å². The summed E-state index contributed by atoms with van der Waals surface area (Å²) < 4.78 is 0. The van der Waals surface area contributed by atoms with Gasteiger partial charge in [0.2, 0.25) is 0 Å². The summed E-state index contributed by atoms with van der Waals surface area (Å²) in [5.41, 5.74) is 7.07. The summed E-state index contributed by atoms with van der Waals surface area (Å²) in [4.78, 5) is 20.0. The molecule has 1 aromatic heterocycles. The van der Waals surface area contributed by atoms with Crippen LogP contribution in [-0.2, 0) is 0 Å². The van der Waals surface area contributed by atoms with E-state index in [2.05, 4.69) is 20.5 Å². The van der Waals surface area contributed by atoms with Crippen LogP contribution in [0.3, 0.4) is 0 Å². The molecule has 0 aliphatic carbocycles. The first kappa shape index (κ1) is 17.5. The number of amides is 1. The van der Waals surface area contributed by atoms with Crippen LogP contribution in [0.25, 0.3) is 22.4 Å². The number of nitrogens with one attached hydrogen (secondary N) is 2. The summed E-state index contributed by atoms with van der Waals surface area (Å²) >= 11 is 0. The number of aryl methyl sites for hydroxylation is 1. The first-order chi connectivity index (χ1) is 13.6. The number of aromatic hydroxyl groups is 1. The minimum absolute atomic E-state index is 0.143. The van der Waals surface area contributed by atoms with Crippen LogP contribution in [0.1, 0.15) is 21.5 Å². The zero-order chi connectivity index (χ0) is 19.5. The van der Waals surface area contributed by atoms with Gasteiger partial charge in [0, 0.05) is 5.56 Å². The average molecular weight is 370 g/mol. The molecule has 28 heavy (non-hydrogen) atoms. The third-order valence-corrected chi connectivity index (χ3v) is 4.36. The van der Waals surface area contributed by atoms with E-state index in [9.17, 15) is 9.90 Å². The van der Waals surface area contributed by atoms with Crippen molar-refractivity contribution in [2.75, 3.05) is 0 Å². The SMILES string of the molecule is Cc1ccc(/C=N/NC(=O)c2ccc3nc(-c4ccccc4O)[nH]c3c2)cc1. The number of aromatic nitrogens is 2. The van der Waals surface area contributed by atoms with Crippen LogP contribution < -0.4 is 5.43 Å². The Morgan fingerprint density at radius 3 is 2.68 bits per heavy atom. The summed E-state index contributed by atoms with van der Waals surface area (Å²) in [6.45, 7) is 2.01. The van der Waals surface area contributed by atoms with E-state index in [-0.39, 0.29) is 11.7 Å². The number of hydrogen-bond acceptors (Lipinski definition) is 4. The zero-order valence-electron chi connectivity index (χ0n) is 15.2. The molecule has 0 saturated carbocycles. The molecular weight excluding hydrogens is 352 g/mol. The number of phenolic OH excluding ortho intramolecular Hbond substituents is 1. The molecule has 3 N–H and O–H groups in total. The maximum atomic E-state index is 12.4. The van der Waals surface area contributed by atoms with Crippen LogP contribution in [0.2, 0.25) is 0 Å². The minimum atomic E-state index is -0.316. The van der Waals surface area contributed by atoms with E-state index in [4.69, 9.17) is 0 Å². The number of rotatable bonds is 4. The number of carbonyl (C=O) groups excluding carboxylic acids is 1. The number of H-pyrrole nitrogens is 1. The van der Waals surface area contributed by atoms with Crippen molar-refractivity contribution < 1.29 is 9.90 Å². The van der Waals surface area contributed by atoms with Crippen LogP contribution >= 0.6 is 0 Å². The van der Waals surface area contributed by atoms with Crippen LogP contribution in [0.15, 0.2) is 71.8 Å². The number of para-hydroxylation sites is 1. The maximum absolute atomic E-state index is 12.4. The number of imidazole rings is 1. The van der Waals surface area contributed by atoms with Gasteiger partial charge in [-0.3, -0.25) is 4.79 Å². The van der Waals surface area contributed by atoms with Crippen LogP contribution in [-0.4, -0.2) is 27.2 Å². The summed E-state index contributed by atoms with van der Waals surface area (Å²) in [5, 5.41) is 14.0. The molecule has 6 nitrogen and oxygen atoms in total. The number of aromatic amines is 1. The Morgan fingerprint density at radius 2 is 1.89 bits per heavy atom. The van der Waals surface area contributed by atoms with Gasteiger partial charge in [-0.25, -0.2) is 10.4 Å². The third-order valence-electron chi connectivity index (χ3n) is 4.36.